The van der Waals surface area contributed by atoms with Crippen LogP contribution in [-0.4, -0.2) is 14.8 Å². The van der Waals surface area contributed by atoms with Gasteiger partial charge in [-0.2, -0.15) is 5.10 Å². The van der Waals surface area contributed by atoms with Crippen molar-refractivity contribution < 1.29 is 4.39 Å². The molecular formula is C12H6Cl2FN3. The maximum absolute atomic E-state index is 12.9. The van der Waals surface area contributed by atoms with Crippen LogP contribution in [0, 0.1) is 5.82 Å². The average molecular weight is 282 g/mol. The summed E-state index contributed by atoms with van der Waals surface area (Å²) in [5, 5.41) is 5.78. The second kappa shape index (κ2) is 4.23. The highest BCUT2D eigenvalue weighted by molar-refractivity contribution is 6.35. The van der Waals surface area contributed by atoms with Crippen molar-refractivity contribution in [3.05, 3.63) is 52.7 Å². The summed E-state index contributed by atoms with van der Waals surface area (Å²) in [7, 11) is 0. The Labute approximate surface area is 112 Å². The van der Waals surface area contributed by atoms with Gasteiger partial charge in [0.2, 0.25) is 0 Å². The fraction of sp³-hybridized carbons (Fsp3) is 0. The molecule has 2 aromatic heterocycles. The fourth-order valence-corrected chi connectivity index (χ4v) is 2.11. The van der Waals surface area contributed by atoms with Crippen molar-refractivity contribution in [2.24, 2.45) is 0 Å². The predicted octanol–water partition coefficient (Wildman–Crippen LogP) is 3.87. The summed E-state index contributed by atoms with van der Waals surface area (Å²) in [6.45, 7) is 0. The molecule has 3 aromatic rings. The van der Waals surface area contributed by atoms with E-state index in [9.17, 15) is 4.39 Å². The van der Waals surface area contributed by atoms with E-state index in [1.807, 2.05) is 0 Å². The van der Waals surface area contributed by atoms with E-state index in [0.717, 1.165) is 0 Å². The molecule has 3 rings (SSSR count). The van der Waals surface area contributed by atoms with Crippen LogP contribution in [0.2, 0.25) is 10.3 Å². The molecule has 0 amide bonds. The predicted molar refractivity (Wildman–Crippen MR) is 68.8 cm³/mol. The van der Waals surface area contributed by atoms with Gasteiger partial charge in [-0.3, -0.25) is 0 Å². The third-order valence-electron chi connectivity index (χ3n) is 2.54. The van der Waals surface area contributed by atoms with Crippen LogP contribution in [-0.2, 0) is 0 Å². The monoisotopic (exact) mass is 281 g/mol. The van der Waals surface area contributed by atoms with Crippen molar-refractivity contribution in [1.82, 2.24) is 14.8 Å². The quantitative estimate of drug-likeness (QED) is 0.634. The molecule has 3 nitrogen and oxygen atoms in total. The van der Waals surface area contributed by atoms with Crippen molar-refractivity contribution in [3.8, 4) is 5.69 Å². The number of hydrogen-bond acceptors (Lipinski definition) is 2. The van der Waals surface area contributed by atoms with Gasteiger partial charge in [0.25, 0.3) is 0 Å². The summed E-state index contributed by atoms with van der Waals surface area (Å²) in [6, 6.07) is 7.53. The number of pyridine rings is 1. The number of fused-ring (bicyclic) bond motifs is 1. The molecule has 6 heteroatoms. The van der Waals surface area contributed by atoms with E-state index in [4.69, 9.17) is 23.2 Å². The van der Waals surface area contributed by atoms with Crippen molar-refractivity contribution in [1.29, 1.82) is 0 Å². The molecule has 0 radical (unpaired) electrons. The minimum Gasteiger partial charge on any atom is -0.244 e. The van der Waals surface area contributed by atoms with E-state index in [2.05, 4.69) is 10.1 Å². The van der Waals surface area contributed by atoms with Gasteiger partial charge in [0.05, 0.1) is 16.6 Å². The Balaban J connectivity index is 2.23. The van der Waals surface area contributed by atoms with E-state index in [-0.39, 0.29) is 5.82 Å². The van der Waals surface area contributed by atoms with Crippen LogP contribution in [0.15, 0.2) is 36.5 Å². The number of halogens is 3. The van der Waals surface area contributed by atoms with Gasteiger partial charge < -0.3 is 0 Å². The Hall–Kier alpha value is -1.65. The Morgan fingerprint density at radius 3 is 2.56 bits per heavy atom. The molecule has 0 saturated heterocycles. The standard InChI is InChI=1S/C12H6Cl2FN3/c13-11-5-10-9(6-16-11)12(14)18(17-10)8-3-1-7(15)2-4-8/h1-6H. The molecule has 0 atom stereocenters. The number of rotatable bonds is 1. The summed E-state index contributed by atoms with van der Waals surface area (Å²) in [5.74, 6) is -0.309. The number of nitrogens with zero attached hydrogens (tertiary/aromatic N) is 3. The van der Waals surface area contributed by atoms with Crippen LogP contribution in [0.3, 0.4) is 0 Å². The van der Waals surface area contributed by atoms with Crippen molar-refractivity contribution in [2.75, 3.05) is 0 Å². The molecule has 0 spiro atoms. The minimum atomic E-state index is -0.309. The Morgan fingerprint density at radius 2 is 1.83 bits per heavy atom. The van der Waals surface area contributed by atoms with Crippen LogP contribution in [0.4, 0.5) is 4.39 Å². The molecule has 0 aliphatic heterocycles. The number of hydrogen-bond donors (Lipinski definition) is 0. The van der Waals surface area contributed by atoms with Crippen molar-refractivity contribution in [2.45, 2.75) is 0 Å². The third kappa shape index (κ3) is 1.83. The van der Waals surface area contributed by atoms with Crippen LogP contribution in [0.25, 0.3) is 16.6 Å². The second-order valence-corrected chi connectivity index (χ2v) is 4.45. The normalized spacial score (nSPS) is 11.1. The van der Waals surface area contributed by atoms with Gasteiger partial charge in [-0.1, -0.05) is 23.2 Å². The molecule has 0 aliphatic carbocycles. The van der Waals surface area contributed by atoms with Gasteiger partial charge in [-0.05, 0) is 24.3 Å². The van der Waals surface area contributed by atoms with E-state index in [1.54, 1.807) is 24.4 Å². The Bertz CT molecular complexity index is 722. The van der Waals surface area contributed by atoms with Gasteiger partial charge in [-0.15, -0.1) is 0 Å². The van der Waals surface area contributed by atoms with Crippen molar-refractivity contribution in [3.63, 3.8) is 0 Å². The lowest BCUT2D eigenvalue weighted by atomic mass is 10.3. The zero-order chi connectivity index (χ0) is 12.7. The number of benzene rings is 1. The van der Waals surface area contributed by atoms with Gasteiger partial charge in [0, 0.05) is 12.3 Å². The molecule has 90 valence electrons. The smallest absolute Gasteiger partial charge is 0.142 e. The lowest BCUT2D eigenvalue weighted by molar-refractivity contribution is 0.627. The van der Waals surface area contributed by atoms with Gasteiger partial charge in [0.1, 0.15) is 16.1 Å². The maximum Gasteiger partial charge on any atom is 0.142 e. The van der Waals surface area contributed by atoms with E-state index >= 15 is 0 Å². The van der Waals surface area contributed by atoms with Crippen LogP contribution >= 0.6 is 23.2 Å². The van der Waals surface area contributed by atoms with E-state index in [1.165, 1.54) is 16.8 Å². The molecule has 0 aliphatic rings. The molecule has 2 heterocycles. The lowest BCUT2D eigenvalue weighted by Crippen LogP contribution is -1.95. The van der Waals surface area contributed by atoms with Crippen molar-refractivity contribution >= 4 is 34.1 Å². The first-order chi connectivity index (χ1) is 8.65. The van der Waals surface area contributed by atoms with Crippen LogP contribution in [0.1, 0.15) is 0 Å². The zero-order valence-electron chi connectivity index (χ0n) is 8.94. The first-order valence-corrected chi connectivity index (χ1v) is 5.86. The molecule has 0 N–H and O–H groups in total. The van der Waals surface area contributed by atoms with Crippen LogP contribution < -0.4 is 0 Å². The average Bonchev–Trinajstić information content (AvgIpc) is 2.67. The summed E-state index contributed by atoms with van der Waals surface area (Å²) in [4.78, 5) is 3.96. The Kier molecular flexibility index (Phi) is 2.69. The van der Waals surface area contributed by atoms with Gasteiger partial charge in [0.15, 0.2) is 0 Å². The van der Waals surface area contributed by atoms with Crippen LogP contribution in [0.5, 0.6) is 0 Å². The largest absolute Gasteiger partial charge is 0.244 e. The molecule has 0 saturated carbocycles. The summed E-state index contributed by atoms with van der Waals surface area (Å²) < 4.78 is 14.4. The number of aromatic nitrogens is 3. The minimum absolute atomic E-state index is 0.309. The van der Waals surface area contributed by atoms with E-state index < -0.39 is 0 Å². The molecule has 0 bridgehead atoms. The summed E-state index contributed by atoms with van der Waals surface area (Å²) in [6.07, 6.45) is 1.56. The highest BCUT2D eigenvalue weighted by Crippen LogP contribution is 2.26. The molecule has 0 unspecified atom stereocenters. The molecule has 18 heavy (non-hydrogen) atoms. The van der Waals surface area contributed by atoms with Gasteiger partial charge >= 0.3 is 0 Å². The Morgan fingerprint density at radius 1 is 1.11 bits per heavy atom. The molecule has 1 aromatic carbocycles. The fourth-order valence-electron chi connectivity index (χ4n) is 1.68. The highest BCUT2D eigenvalue weighted by atomic mass is 35.5. The molecule has 0 fully saturated rings. The third-order valence-corrected chi connectivity index (χ3v) is 3.11. The molecular weight excluding hydrogens is 276 g/mol. The zero-order valence-corrected chi connectivity index (χ0v) is 10.5. The van der Waals surface area contributed by atoms with Gasteiger partial charge in [-0.25, -0.2) is 14.1 Å². The lowest BCUT2D eigenvalue weighted by Gasteiger charge is -2.01. The first kappa shape index (κ1) is 11.4. The highest BCUT2D eigenvalue weighted by Gasteiger charge is 2.11. The SMILES string of the molecule is Fc1ccc(-n2nc3cc(Cl)ncc3c2Cl)cc1. The summed E-state index contributed by atoms with van der Waals surface area (Å²) in [5.41, 5.74) is 1.32. The topological polar surface area (TPSA) is 30.7 Å². The van der Waals surface area contributed by atoms with E-state index in [0.29, 0.717) is 26.9 Å². The first-order valence-electron chi connectivity index (χ1n) is 5.11. The second-order valence-electron chi connectivity index (χ2n) is 3.70. The maximum atomic E-state index is 12.9. The summed E-state index contributed by atoms with van der Waals surface area (Å²) >= 11 is 12.0.